The summed E-state index contributed by atoms with van der Waals surface area (Å²) >= 11 is 0. The summed E-state index contributed by atoms with van der Waals surface area (Å²) < 4.78 is 32.9. The van der Waals surface area contributed by atoms with Crippen molar-refractivity contribution in [2.24, 2.45) is 11.8 Å². The average molecular weight is 348 g/mol. The molecule has 1 aromatic carbocycles. The van der Waals surface area contributed by atoms with Crippen molar-refractivity contribution in [3.05, 3.63) is 35.5 Å². The molecular weight excluding hydrogens is 328 g/mol. The second kappa shape index (κ2) is 5.40. The molecule has 1 aliphatic carbocycles. The summed E-state index contributed by atoms with van der Waals surface area (Å²) in [5.41, 5.74) is 2.15. The van der Waals surface area contributed by atoms with Crippen LogP contribution in [0.5, 0.6) is 0 Å². The van der Waals surface area contributed by atoms with Gasteiger partial charge in [0.25, 0.3) is 0 Å². The van der Waals surface area contributed by atoms with Crippen LogP contribution in [0.2, 0.25) is 0 Å². The number of nitrogens with zero attached hydrogens (tertiary/aromatic N) is 2. The van der Waals surface area contributed by atoms with E-state index in [2.05, 4.69) is 5.16 Å². The number of aromatic nitrogens is 1. The third kappa shape index (κ3) is 2.39. The van der Waals surface area contributed by atoms with Crippen LogP contribution in [0.15, 0.2) is 33.7 Å². The Hall–Kier alpha value is -1.70. The van der Waals surface area contributed by atoms with E-state index in [9.17, 15) is 13.5 Å². The second-order valence-corrected chi connectivity index (χ2v) is 8.77. The van der Waals surface area contributed by atoms with E-state index in [1.54, 1.807) is 25.1 Å². The molecule has 0 radical (unpaired) electrons. The summed E-state index contributed by atoms with van der Waals surface area (Å²) in [4.78, 5) is 0.296. The van der Waals surface area contributed by atoms with Crippen LogP contribution < -0.4 is 0 Å². The number of sulfonamides is 1. The highest BCUT2D eigenvalue weighted by Crippen LogP contribution is 2.43. The number of fused-ring (bicyclic) bond motifs is 1. The average Bonchev–Trinajstić information content (AvgIpc) is 3.11. The van der Waals surface area contributed by atoms with E-state index in [1.807, 2.05) is 13.0 Å². The van der Waals surface area contributed by atoms with E-state index in [4.69, 9.17) is 4.52 Å². The highest BCUT2D eigenvalue weighted by Gasteiger charge is 2.49. The Bertz CT molecular complexity index is 890. The maximum atomic E-state index is 13.1. The molecule has 1 aliphatic heterocycles. The second-order valence-electron chi connectivity index (χ2n) is 6.86. The Balaban J connectivity index is 1.70. The van der Waals surface area contributed by atoms with Gasteiger partial charge in [0.1, 0.15) is 0 Å². The minimum atomic E-state index is -3.58. The highest BCUT2D eigenvalue weighted by atomic mass is 32.2. The van der Waals surface area contributed by atoms with Crippen LogP contribution in [0, 0.1) is 25.7 Å². The van der Waals surface area contributed by atoms with Crippen LogP contribution in [0.3, 0.4) is 0 Å². The molecule has 2 aliphatic rings. The third-order valence-electron chi connectivity index (χ3n) is 5.22. The molecule has 0 amide bonds. The summed E-state index contributed by atoms with van der Waals surface area (Å²) in [5.74, 6) is 0.927. The monoisotopic (exact) mass is 348 g/mol. The lowest BCUT2D eigenvalue weighted by Crippen LogP contribution is -2.39. The molecule has 2 heterocycles. The first-order chi connectivity index (χ1) is 11.4. The molecule has 6 nitrogen and oxygen atoms in total. The lowest BCUT2D eigenvalue weighted by molar-refractivity contribution is -0.00416. The van der Waals surface area contributed by atoms with Crippen LogP contribution in [-0.2, 0) is 10.0 Å². The van der Waals surface area contributed by atoms with Crippen molar-refractivity contribution < 1.29 is 18.0 Å². The third-order valence-corrected chi connectivity index (χ3v) is 7.19. The molecule has 7 heteroatoms. The smallest absolute Gasteiger partial charge is 0.243 e. The number of rotatable bonds is 3. The van der Waals surface area contributed by atoms with Gasteiger partial charge in [-0.2, -0.15) is 4.31 Å². The molecule has 0 bridgehead atoms. The van der Waals surface area contributed by atoms with Gasteiger partial charge in [0, 0.05) is 30.6 Å². The molecule has 1 aromatic heterocycles. The summed E-state index contributed by atoms with van der Waals surface area (Å²) in [5, 5.41) is 13.6. The summed E-state index contributed by atoms with van der Waals surface area (Å²) in [6.07, 6.45) is 0.340. The van der Waals surface area contributed by atoms with Gasteiger partial charge in [-0.1, -0.05) is 17.3 Å². The number of hydrogen-bond acceptors (Lipinski definition) is 5. The van der Waals surface area contributed by atoms with Crippen molar-refractivity contribution in [2.45, 2.75) is 31.3 Å². The standard InChI is InChI=1S/C17H20N2O4S/c1-10-3-4-12(16-5-11(2)18-23-16)7-17(10)24(21,22)19-8-13-6-15(20)14(13)9-19/h3-5,7,13-15,20H,6,8-9H2,1-2H3. The first kappa shape index (κ1) is 15.8. The van der Waals surface area contributed by atoms with Crippen molar-refractivity contribution in [2.75, 3.05) is 13.1 Å². The van der Waals surface area contributed by atoms with E-state index in [-0.39, 0.29) is 17.9 Å². The fourth-order valence-electron chi connectivity index (χ4n) is 3.70. The van der Waals surface area contributed by atoms with E-state index < -0.39 is 10.0 Å². The van der Waals surface area contributed by atoms with E-state index in [0.717, 1.165) is 5.69 Å². The van der Waals surface area contributed by atoms with Crippen molar-refractivity contribution in [1.29, 1.82) is 0 Å². The van der Waals surface area contributed by atoms with Crippen LogP contribution >= 0.6 is 0 Å². The molecular formula is C17H20N2O4S. The molecule has 1 saturated carbocycles. The van der Waals surface area contributed by atoms with Crippen LogP contribution in [0.25, 0.3) is 11.3 Å². The summed E-state index contributed by atoms with van der Waals surface area (Å²) in [6, 6.07) is 7.07. The number of aliphatic hydroxyl groups excluding tert-OH is 1. The Morgan fingerprint density at radius 1 is 1.25 bits per heavy atom. The molecule has 1 N–H and O–H groups in total. The van der Waals surface area contributed by atoms with Gasteiger partial charge in [0.15, 0.2) is 5.76 Å². The molecule has 24 heavy (non-hydrogen) atoms. The zero-order valence-corrected chi connectivity index (χ0v) is 14.5. The predicted molar refractivity (Wildman–Crippen MR) is 87.8 cm³/mol. The van der Waals surface area contributed by atoms with Gasteiger partial charge < -0.3 is 9.63 Å². The molecule has 2 aromatic rings. The predicted octanol–water partition coefficient (Wildman–Crippen LogP) is 1.96. The minimum absolute atomic E-state index is 0.0835. The van der Waals surface area contributed by atoms with Gasteiger partial charge in [-0.05, 0) is 37.8 Å². The van der Waals surface area contributed by atoms with Crippen molar-refractivity contribution >= 4 is 10.0 Å². The Kier molecular flexibility index (Phi) is 3.56. The lowest BCUT2D eigenvalue weighted by Gasteiger charge is -2.34. The number of hydrogen-bond donors (Lipinski definition) is 1. The number of aliphatic hydroxyl groups is 1. The SMILES string of the molecule is Cc1cc(-c2ccc(C)c(S(=O)(=O)N3CC4CC(O)C4C3)c2)on1. The maximum absolute atomic E-state index is 13.1. The van der Waals surface area contributed by atoms with Gasteiger partial charge >= 0.3 is 0 Å². The van der Waals surface area contributed by atoms with Crippen LogP contribution in [0.4, 0.5) is 0 Å². The summed E-state index contributed by atoms with van der Waals surface area (Å²) in [6.45, 7) is 4.51. The molecule has 3 atom stereocenters. The normalized spacial score (nSPS) is 27.0. The fraction of sp³-hybridized carbons (Fsp3) is 0.471. The lowest BCUT2D eigenvalue weighted by atomic mass is 9.74. The molecule has 3 unspecified atom stereocenters. The van der Waals surface area contributed by atoms with E-state index in [0.29, 0.717) is 41.3 Å². The van der Waals surface area contributed by atoms with Gasteiger partial charge in [0.2, 0.25) is 10.0 Å². The van der Waals surface area contributed by atoms with Crippen molar-refractivity contribution in [1.82, 2.24) is 9.46 Å². The number of benzene rings is 1. The topological polar surface area (TPSA) is 83.6 Å². The Morgan fingerprint density at radius 2 is 2.04 bits per heavy atom. The highest BCUT2D eigenvalue weighted by molar-refractivity contribution is 7.89. The molecule has 128 valence electrons. The molecule has 0 spiro atoms. The van der Waals surface area contributed by atoms with Crippen molar-refractivity contribution in [3.8, 4) is 11.3 Å². The van der Waals surface area contributed by atoms with Gasteiger partial charge in [-0.25, -0.2) is 8.42 Å². The van der Waals surface area contributed by atoms with E-state index in [1.165, 1.54) is 4.31 Å². The van der Waals surface area contributed by atoms with Crippen LogP contribution in [-0.4, -0.2) is 42.2 Å². The first-order valence-corrected chi connectivity index (χ1v) is 9.53. The first-order valence-electron chi connectivity index (χ1n) is 8.09. The zero-order valence-electron chi connectivity index (χ0n) is 13.6. The molecule has 1 saturated heterocycles. The fourth-order valence-corrected chi connectivity index (χ4v) is 5.48. The molecule has 2 fully saturated rings. The van der Waals surface area contributed by atoms with Gasteiger partial charge in [0.05, 0.1) is 16.7 Å². The molecule has 4 rings (SSSR count). The van der Waals surface area contributed by atoms with E-state index >= 15 is 0 Å². The summed E-state index contributed by atoms with van der Waals surface area (Å²) in [7, 11) is -3.58. The Morgan fingerprint density at radius 3 is 2.67 bits per heavy atom. The maximum Gasteiger partial charge on any atom is 0.243 e. The largest absolute Gasteiger partial charge is 0.393 e. The van der Waals surface area contributed by atoms with Gasteiger partial charge in [-0.15, -0.1) is 0 Å². The number of aryl methyl sites for hydroxylation is 2. The minimum Gasteiger partial charge on any atom is -0.393 e. The van der Waals surface area contributed by atoms with Crippen LogP contribution in [0.1, 0.15) is 17.7 Å². The quantitative estimate of drug-likeness (QED) is 0.917. The zero-order chi connectivity index (χ0) is 17.1. The van der Waals surface area contributed by atoms with Crippen molar-refractivity contribution in [3.63, 3.8) is 0 Å². The van der Waals surface area contributed by atoms with Gasteiger partial charge in [-0.3, -0.25) is 0 Å². The Labute approximate surface area is 141 Å².